The van der Waals surface area contributed by atoms with Gasteiger partial charge >= 0.3 is 0 Å². The first kappa shape index (κ1) is 30.7. The predicted octanol–water partition coefficient (Wildman–Crippen LogP) is 14.0. The van der Waals surface area contributed by atoms with E-state index in [0.717, 1.165) is 61.2 Å². The zero-order chi connectivity index (χ0) is 36.0. The standard InChI is InChI=1S/C50H34N2O2/c1-50(2)42-18-8-15-37(38-16-9-19-44-48(38)53-30-51-44)47(42)40-26-25-36(29-43(40)50)52(35-23-21-32(22-24-35)31-11-4-3-5-12-31)45-20-10-17-39-41-27-33-13-6-7-14-34(33)28-46(41)54-49(39)45/h3-30H,1-2H3. The minimum atomic E-state index is -0.250. The van der Waals surface area contributed by atoms with Gasteiger partial charge in [-0.3, -0.25) is 0 Å². The molecule has 11 rings (SSSR count). The van der Waals surface area contributed by atoms with Crippen LogP contribution in [-0.2, 0) is 5.41 Å². The second kappa shape index (κ2) is 11.5. The van der Waals surface area contributed by atoms with E-state index in [9.17, 15) is 0 Å². The molecule has 8 aromatic carbocycles. The Balaban J connectivity index is 1.12. The summed E-state index contributed by atoms with van der Waals surface area (Å²) in [5.41, 5.74) is 15.9. The van der Waals surface area contributed by atoms with Crippen LogP contribution < -0.4 is 4.90 Å². The first-order valence-electron chi connectivity index (χ1n) is 18.4. The molecule has 0 aliphatic heterocycles. The molecule has 0 amide bonds. The third kappa shape index (κ3) is 4.53. The van der Waals surface area contributed by atoms with E-state index in [1.165, 1.54) is 50.5 Å². The molecule has 54 heavy (non-hydrogen) atoms. The van der Waals surface area contributed by atoms with Crippen LogP contribution in [-0.4, -0.2) is 4.98 Å². The Kier molecular flexibility index (Phi) is 6.56. The molecule has 1 aliphatic rings. The summed E-state index contributed by atoms with van der Waals surface area (Å²) in [4.78, 5) is 6.81. The maximum absolute atomic E-state index is 6.83. The monoisotopic (exact) mass is 694 g/mol. The van der Waals surface area contributed by atoms with Gasteiger partial charge in [0.1, 0.15) is 11.1 Å². The molecule has 0 N–H and O–H groups in total. The molecule has 0 saturated carbocycles. The van der Waals surface area contributed by atoms with Crippen LogP contribution >= 0.6 is 0 Å². The summed E-state index contributed by atoms with van der Waals surface area (Å²) in [6.07, 6.45) is 1.54. The molecular formula is C50H34N2O2. The van der Waals surface area contributed by atoms with Crippen molar-refractivity contribution in [3.63, 3.8) is 0 Å². The van der Waals surface area contributed by atoms with Crippen molar-refractivity contribution in [2.24, 2.45) is 0 Å². The highest BCUT2D eigenvalue weighted by Gasteiger charge is 2.38. The van der Waals surface area contributed by atoms with Crippen molar-refractivity contribution in [1.82, 2.24) is 4.98 Å². The Morgan fingerprint density at radius 3 is 2.09 bits per heavy atom. The highest BCUT2D eigenvalue weighted by Crippen LogP contribution is 2.54. The van der Waals surface area contributed by atoms with Crippen molar-refractivity contribution in [1.29, 1.82) is 0 Å². The smallest absolute Gasteiger partial charge is 0.182 e. The number of furan rings is 1. The SMILES string of the molecule is CC1(C)c2cc(N(c3ccc(-c4ccccc4)cc3)c3cccc4c3oc3cc5ccccc5cc34)ccc2-c2c(-c3cccc4ncoc34)cccc21. The quantitative estimate of drug-likeness (QED) is 0.180. The number of benzene rings is 8. The molecule has 0 fully saturated rings. The van der Waals surface area contributed by atoms with Crippen LogP contribution in [0.2, 0.25) is 0 Å². The molecule has 2 aromatic heterocycles. The number of hydrogen-bond donors (Lipinski definition) is 0. The Bertz CT molecular complexity index is 3080. The van der Waals surface area contributed by atoms with Gasteiger partial charge < -0.3 is 13.7 Å². The van der Waals surface area contributed by atoms with Crippen LogP contribution in [0.4, 0.5) is 17.1 Å². The highest BCUT2D eigenvalue weighted by atomic mass is 16.3. The molecule has 4 heteroatoms. The maximum atomic E-state index is 6.83. The molecule has 0 atom stereocenters. The van der Waals surface area contributed by atoms with Gasteiger partial charge in [0.25, 0.3) is 0 Å². The van der Waals surface area contributed by atoms with Gasteiger partial charge in [-0.2, -0.15) is 0 Å². The predicted molar refractivity (Wildman–Crippen MR) is 222 cm³/mol. The first-order valence-corrected chi connectivity index (χ1v) is 18.4. The summed E-state index contributed by atoms with van der Waals surface area (Å²) < 4.78 is 12.8. The van der Waals surface area contributed by atoms with E-state index in [1.807, 2.05) is 6.07 Å². The molecule has 0 unspecified atom stereocenters. The third-order valence-electron chi connectivity index (χ3n) is 11.4. The highest BCUT2D eigenvalue weighted by molar-refractivity contribution is 6.14. The van der Waals surface area contributed by atoms with E-state index in [4.69, 9.17) is 8.83 Å². The van der Waals surface area contributed by atoms with Crippen molar-refractivity contribution in [3.8, 4) is 33.4 Å². The lowest BCUT2D eigenvalue weighted by atomic mass is 9.81. The zero-order valence-corrected chi connectivity index (χ0v) is 29.9. The molecule has 256 valence electrons. The molecule has 0 spiro atoms. The van der Waals surface area contributed by atoms with Crippen LogP contribution in [0.15, 0.2) is 179 Å². The van der Waals surface area contributed by atoms with Crippen LogP contribution in [0, 0.1) is 0 Å². The Hall–Kier alpha value is -6.91. The Morgan fingerprint density at radius 2 is 1.24 bits per heavy atom. The minimum Gasteiger partial charge on any atom is -0.454 e. The molecule has 1 aliphatic carbocycles. The number of fused-ring (bicyclic) bond motifs is 8. The van der Waals surface area contributed by atoms with E-state index in [1.54, 1.807) is 0 Å². The average molecular weight is 695 g/mol. The van der Waals surface area contributed by atoms with E-state index in [2.05, 4.69) is 181 Å². The molecule has 0 radical (unpaired) electrons. The molecular weight excluding hydrogens is 661 g/mol. The molecule has 10 aromatic rings. The number of anilines is 3. The van der Waals surface area contributed by atoms with Crippen molar-refractivity contribution in [2.45, 2.75) is 19.3 Å². The van der Waals surface area contributed by atoms with Crippen LogP contribution in [0.25, 0.3) is 77.2 Å². The molecule has 0 bridgehead atoms. The molecule has 4 nitrogen and oxygen atoms in total. The van der Waals surface area contributed by atoms with Crippen molar-refractivity contribution in [3.05, 3.63) is 181 Å². The second-order valence-electron chi connectivity index (χ2n) is 14.8. The second-order valence-corrected chi connectivity index (χ2v) is 14.8. The minimum absolute atomic E-state index is 0.250. The number of nitrogens with zero attached hydrogens (tertiary/aromatic N) is 2. The zero-order valence-electron chi connectivity index (χ0n) is 29.9. The fourth-order valence-electron chi connectivity index (χ4n) is 8.74. The number of aromatic nitrogens is 1. The topological polar surface area (TPSA) is 42.4 Å². The Labute approximate surface area is 312 Å². The van der Waals surface area contributed by atoms with E-state index in [-0.39, 0.29) is 5.41 Å². The lowest BCUT2D eigenvalue weighted by molar-refractivity contribution is 0.603. The molecule has 0 saturated heterocycles. The summed E-state index contributed by atoms with van der Waals surface area (Å²) in [5.74, 6) is 0. The summed E-state index contributed by atoms with van der Waals surface area (Å²) in [5, 5.41) is 4.58. The fraction of sp³-hybridized carbons (Fsp3) is 0.0600. The van der Waals surface area contributed by atoms with Crippen LogP contribution in [0.5, 0.6) is 0 Å². The van der Waals surface area contributed by atoms with Crippen molar-refractivity contribution < 1.29 is 8.83 Å². The van der Waals surface area contributed by atoms with Crippen molar-refractivity contribution >= 4 is 60.9 Å². The van der Waals surface area contributed by atoms with Gasteiger partial charge in [0.2, 0.25) is 0 Å². The van der Waals surface area contributed by atoms with Gasteiger partial charge in [0, 0.05) is 33.1 Å². The molecule has 2 heterocycles. The van der Waals surface area contributed by atoms with Gasteiger partial charge in [-0.1, -0.05) is 129 Å². The van der Waals surface area contributed by atoms with E-state index in [0.29, 0.717) is 0 Å². The summed E-state index contributed by atoms with van der Waals surface area (Å²) in [6, 6.07) is 58.6. The third-order valence-corrected chi connectivity index (χ3v) is 11.4. The van der Waals surface area contributed by atoms with Gasteiger partial charge in [-0.15, -0.1) is 0 Å². The summed E-state index contributed by atoms with van der Waals surface area (Å²) in [7, 11) is 0. The maximum Gasteiger partial charge on any atom is 0.182 e. The van der Waals surface area contributed by atoms with Crippen LogP contribution in [0.3, 0.4) is 0 Å². The fourth-order valence-corrected chi connectivity index (χ4v) is 8.74. The van der Waals surface area contributed by atoms with E-state index >= 15 is 0 Å². The number of rotatable bonds is 5. The summed E-state index contributed by atoms with van der Waals surface area (Å²) in [6.45, 7) is 4.67. The number of oxazole rings is 1. The lowest BCUT2D eigenvalue weighted by Gasteiger charge is -2.28. The van der Waals surface area contributed by atoms with Gasteiger partial charge in [0.15, 0.2) is 17.6 Å². The lowest BCUT2D eigenvalue weighted by Crippen LogP contribution is -2.16. The largest absolute Gasteiger partial charge is 0.454 e. The Morgan fingerprint density at radius 1 is 0.519 bits per heavy atom. The number of para-hydroxylation sites is 2. The van der Waals surface area contributed by atoms with E-state index < -0.39 is 0 Å². The van der Waals surface area contributed by atoms with Crippen LogP contribution in [0.1, 0.15) is 25.0 Å². The average Bonchev–Trinajstić information content (AvgIpc) is 3.91. The van der Waals surface area contributed by atoms with Gasteiger partial charge in [-0.05, 0) is 98.2 Å². The first-order chi connectivity index (χ1) is 26.5. The number of hydrogen-bond acceptors (Lipinski definition) is 4. The summed E-state index contributed by atoms with van der Waals surface area (Å²) >= 11 is 0. The van der Waals surface area contributed by atoms with Gasteiger partial charge in [-0.25, -0.2) is 4.98 Å². The normalized spacial score (nSPS) is 13.1. The van der Waals surface area contributed by atoms with Crippen molar-refractivity contribution in [2.75, 3.05) is 4.90 Å². The van der Waals surface area contributed by atoms with Gasteiger partial charge in [0.05, 0.1) is 5.69 Å².